The number of rotatable bonds is 10. The minimum atomic E-state index is -0.799. The summed E-state index contributed by atoms with van der Waals surface area (Å²) in [5.41, 5.74) is 0. The number of carbonyl (C=O) groups is 1. The molecule has 0 fully saturated rings. The number of thiol groups is 2. The highest BCUT2D eigenvalue weighted by Crippen LogP contribution is 2.12. The van der Waals surface area contributed by atoms with E-state index < -0.39 is 11.2 Å². The SMILES string of the molecule is O=C(O)C(S)CCCCCCCCCS. The summed E-state index contributed by atoms with van der Waals surface area (Å²) >= 11 is 8.14. The summed E-state index contributed by atoms with van der Waals surface area (Å²) in [5.74, 6) is 0.187. The lowest BCUT2D eigenvalue weighted by Gasteiger charge is -2.04. The molecule has 1 unspecified atom stereocenters. The van der Waals surface area contributed by atoms with Gasteiger partial charge in [0.15, 0.2) is 0 Å². The summed E-state index contributed by atoms with van der Waals surface area (Å²) in [6, 6.07) is 0. The molecule has 0 saturated heterocycles. The largest absolute Gasteiger partial charge is 0.480 e. The molecule has 0 aromatic rings. The second-order valence-corrected chi connectivity index (χ2v) is 4.91. The summed E-state index contributed by atoms with van der Waals surface area (Å²) in [7, 11) is 0. The van der Waals surface area contributed by atoms with Gasteiger partial charge >= 0.3 is 5.97 Å². The first-order chi connectivity index (χ1) is 7.18. The van der Waals surface area contributed by atoms with E-state index >= 15 is 0 Å². The lowest BCUT2D eigenvalue weighted by molar-refractivity contribution is -0.136. The topological polar surface area (TPSA) is 37.3 Å². The van der Waals surface area contributed by atoms with Gasteiger partial charge in [-0.05, 0) is 18.6 Å². The maximum Gasteiger partial charge on any atom is 0.316 e. The maximum atomic E-state index is 10.5. The zero-order valence-corrected chi connectivity index (χ0v) is 11.0. The Morgan fingerprint density at radius 3 is 1.93 bits per heavy atom. The predicted molar refractivity (Wildman–Crippen MR) is 71.2 cm³/mol. The summed E-state index contributed by atoms with van der Waals surface area (Å²) in [5, 5.41) is 8.12. The smallest absolute Gasteiger partial charge is 0.316 e. The highest BCUT2D eigenvalue weighted by atomic mass is 32.1. The van der Waals surface area contributed by atoms with E-state index in [4.69, 9.17) is 5.11 Å². The van der Waals surface area contributed by atoms with Gasteiger partial charge in [0.25, 0.3) is 0 Å². The third kappa shape index (κ3) is 10.5. The van der Waals surface area contributed by atoms with Crippen molar-refractivity contribution < 1.29 is 9.90 Å². The molecule has 90 valence electrons. The zero-order valence-electron chi connectivity index (χ0n) is 9.19. The van der Waals surface area contributed by atoms with Crippen molar-refractivity contribution in [2.24, 2.45) is 0 Å². The third-order valence-corrected chi connectivity index (χ3v) is 3.22. The van der Waals surface area contributed by atoms with Crippen molar-refractivity contribution in [3.63, 3.8) is 0 Å². The molecule has 0 aliphatic carbocycles. The molecule has 2 nitrogen and oxygen atoms in total. The fraction of sp³-hybridized carbons (Fsp3) is 0.909. The van der Waals surface area contributed by atoms with E-state index in [-0.39, 0.29) is 0 Å². The Labute approximate surface area is 104 Å². The molecule has 4 heteroatoms. The van der Waals surface area contributed by atoms with Gasteiger partial charge in [0, 0.05) is 0 Å². The first-order valence-electron chi connectivity index (χ1n) is 5.70. The molecular weight excluding hydrogens is 228 g/mol. The fourth-order valence-electron chi connectivity index (χ4n) is 1.46. The van der Waals surface area contributed by atoms with Crippen molar-refractivity contribution in [3.8, 4) is 0 Å². The van der Waals surface area contributed by atoms with Crippen LogP contribution in [-0.2, 0) is 4.79 Å². The van der Waals surface area contributed by atoms with Crippen LogP contribution in [0.1, 0.15) is 51.4 Å². The Morgan fingerprint density at radius 1 is 1.00 bits per heavy atom. The quantitative estimate of drug-likeness (QED) is 0.410. The molecule has 0 radical (unpaired) electrons. The molecule has 0 aromatic heterocycles. The Hall–Kier alpha value is 0.170. The van der Waals surface area contributed by atoms with Gasteiger partial charge in [0.1, 0.15) is 0 Å². The van der Waals surface area contributed by atoms with E-state index in [1.165, 1.54) is 32.1 Å². The van der Waals surface area contributed by atoms with Crippen molar-refractivity contribution >= 4 is 31.2 Å². The summed E-state index contributed by atoms with van der Waals surface area (Å²) in [6.45, 7) is 0. The molecule has 0 spiro atoms. The van der Waals surface area contributed by atoms with Crippen LogP contribution in [0.25, 0.3) is 0 Å². The maximum absolute atomic E-state index is 10.5. The van der Waals surface area contributed by atoms with Gasteiger partial charge in [0.05, 0.1) is 5.25 Å². The van der Waals surface area contributed by atoms with Gasteiger partial charge < -0.3 is 5.11 Å². The first-order valence-corrected chi connectivity index (χ1v) is 6.85. The molecule has 1 N–H and O–H groups in total. The molecule has 0 heterocycles. The Morgan fingerprint density at radius 2 is 1.47 bits per heavy atom. The van der Waals surface area contributed by atoms with Crippen molar-refractivity contribution in [2.45, 2.75) is 56.6 Å². The van der Waals surface area contributed by atoms with E-state index in [0.29, 0.717) is 6.42 Å². The highest BCUT2D eigenvalue weighted by Gasteiger charge is 2.10. The minimum absolute atomic E-state index is 0.478. The molecule has 0 amide bonds. The number of aliphatic carboxylic acids is 1. The van der Waals surface area contributed by atoms with E-state index in [9.17, 15) is 4.79 Å². The molecule has 15 heavy (non-hydrogen) atoms. The molecule has 0 saturated carbocycles. The average molecular weight is 250 g/mol. The van der Waals surface area contributed by atoms with Crippen molar-refractivity contribution in [1.29, 1.82) is 0 Å². The average Bonchev–Trinajstić information content (AvgIpc) is 2.21. The van der Waals surface area contributed by atoms with Crippen LogP contribution in [0.4, 0.5) is 0 Å². The summed E-state index contributed by atoms with van der Waals surface area (Å²) < 4.78 is 0. The van der Waals surface area contributed by atoms with Crippen LogP contribution < -0.4 is 0 Å². The first kappa shape index (κ1) is 15.2. The monoisotopic (exact) mass is 250 g/mol. The minimum Gasteiger partial charge on any atom is -0.480 e. The van der Waals surface area contributed by atoms with Crippen LogP contribution in [-0.4, -0.2) is 22.1 Å². The molecule has 0 aliphatic heterocycles. The van der Waals surface area contributed by atoms with Gasteiger partial charge in [0.2, 0.25) is 0 Å². The lowest BCUT2D eigenvalue weighted by Crippen LogP contribution is -2.12. The molecule has 0 rings (SSSR count). The second-order valence-electron chi connectivity index (χ2n) is 3.84. The van der Waals surface area contributed by atoms with Crippen LogP contribution >= 0.6 is 25.3 Å². The van der Waals surface area contributed by atoms with Gasteiger partial charge in [-0.1, -0.05) is 38.5 Å². The van der Waals surface area contributed by atoms with Crippen molar-refractivity contribution in [1.82, 2.24) is 0 Å². The lowest BCUT2D eigenvalue weighted by atomic mass is 10.1. The zero-order chi connectivity index (χ0) is 11.5. The van der Waals surface area contributed by atoms with E-state index in [2.05, 4.69) is 25.3 Å². The normalized spacial score (nSPS) is 12.7. The van der Waals surface area contributed by atoms with E-state index in [1.807, 2.05) is 0 Å². The van der Waals surface area contributed by atoms with Gasteiger partial charge in [-0.15, -0.1) is 0 Å². The van der Waals surface area contributed by atoms with Crippen LogP contribution in [0, 0.1) is 0 Å². The molecule has 1 atom stereocenters. The van der Waals surface area contributed by atoms with Crippen molar-refractivity contribution in [2.75, 3.05) is 5.75 Å². The summed E-state index contributed by atoms with van der Waals surface area (Å²) in [6.07, 6.45) is 9.04. The Balaban J connectivity index is 3.08. The van der Waals surface area contributed by atoms with Crippen LogP contribution in [0.3, 0.4) is 0 Å². The third-order valence-electron chi connectivity index (χ3n) is 2.42. The van der Waals surface area contributed by atoms with E-state index in [0.717, 1.165) is 18.6 Å². The van der Waals surface area contributed by atoms with Crippen molar-refractivity contribution in [3.05, 3.63) is 0 Å². The molecule has 0 aromatic carbocycles. The number of hydrogen-bond donors (Lipinski definition) is 3. The Kier molecular flexibility index (Phi) is 10.8. The number of unbranched alkanes of at least 4 members (excludes halogenated alkanes) is 6. The highest BCUT2D eigenvalue weighted by molar-refractivity contribution is 7.81. The summed E-state index contributed by atoms with van der Waals surface area (Å²) in [4.78, 5) is 10.5. The fourth-order valence-corrected chi connectivity index (χ4v) is 1.86. The number of carboxylic acids is 1. The number of carboxylic acid groups (broad SMARTS) is 1. The van der Waals surface area contributed by atoms with Crippen LogP contribution in [0.2, 0.25) is 0 Å². The van der Waals surface area contributed by atoms with Gasteiger partial charge in [-0.25, -0.2) is 0 Å². The van der Waals surface area contributed by atoms with Gasteiger partial charge in [-0.2, -0.15) is 25.3 Å². The second kappa shape index (κ2) is 10.7. The molecule has 0 aliphatic rings. The molecular formula is C11H22O2S2. The van der Waals surface area contributed by atoms with Gasteiger partial charge in [-0.3, -0.25) is 4.79 Å². The predicted octanol–water partition coefficient (Wildman–Crippen LogP) is 3.42. The molecule has 0 bridgehead atoms. The Bertz CT molecular complexity index is 163. The standard InChI is InChI=1S/C11H22O2S2/c12-11(13)10(15)8-6-4-2-1-3-5-7-9-14/h10,14-15H,1-9H2,(H,12,13). The van der Waals surface area contributed by atoms with Crippen LogP contribution in [0.15, 0.2) is 0 Å². The van der Waals surface area contributed by atoms with E-state index in [1.54, 1.807) is 0 Å². The van der Waals surface area contributed by atoms with Crippen LogP contribution in [0.5, 0.6) is 0 Å². The number of hydrogen-bond acceptors (Lipinski definition) is 3.